The van der Waals surface area contributed by atoms with E-state index in [0.717, 1.165) is 40.8 Å². The molecule has 1 aliphatic rings. The van der Waals surface area contributed by atoms with Crippen LogP contribution in [0.4, 0.5) is 11.6 Å². The third kappa shape index (κ3) is 3.18. The van der Waals surface area contributed by atoms with Gasteiger partial charge >= 0.3 is 0 Å². The molecule has 0 spiro atoms. The number of carbonyl (C=O) groups excluding carboxylic acids is 1. The van der Waals surface area contributed by atoms with Crippen LogP contribution in [-0.4, -0.2) is 29.5 Å². The van der Waals surface area contributed by atoms with Crippen LogP contribution in [-0.2, 0) is 9.53 Å². The van der Waals surface area contributed by atoms with Crippen molar-refractivity contribution in [3.05, 3.63) is 30.1 Å². The highest BCUT2D eigenvalue weighted by Crippen LogP contribution is 2.32. The minimum Gasteiger partial charge on any atom is -0.494 e. The average Bonchev–Trinajstić information content (AvgIpc) is 3.44. The fourth-order valence-corrected chi connectivity index (χ4v) is 2.64. The summed E-state index contributed by atoms with van der Waals surface area (Å²) in [7, 11) is 1.82. The standard InChI is InChI=1S/C18H22N4O2/c1-4-15(24-5-2)13-9-21-17(19-3)14-10-20-16(8-12(13)14)22-18(23)11-6-7-11/h4,8-11H,5-7H2,1-3H3,(H,19,21)(H,20,22,23)/b15-4-. The topological polar surface area (TPSA) is 76.1 Å². The van der Waals surface area contributed by atoms with Crippen molar-refractivity contribution in [1.29, 1.82) is 0 Å². The molecule has 1 fully saturated rings. The van der Waals surface area contributed by atoms with Crippen LogP contribution >= 0.6 is 0 Å². The largest absolute Gasteiger partial charge is 0.494 e. The maximum Gasteiger partial charge on any atom is 0.228 e. The van der Waals surface area contributed by atoms with Crippen molar-refractivity contribution >= 4 is 34.1 Å². The zero-order chi connectivity index (χ0) is 17.1. The number of pyridine rings is 2. The predicted octanol–water partition coefficient (Wildman–Crippen LogP) is 3.42. The number of nitrogens with one attached hydrogen (secondary N) is 2. The molecule has 0 aliphatic heterocycles. The van der Waals surface area contributed by atoms with E-state index in [9.17, 15) is 4.79 Å². The Morgan fingerprint density at radius 1 is 1.33 bits per heavy atom. The summed E-state index contributed by atoms with van der Waals surface area (Å²) in [5.41, 5.74) is 0.887. The highest BCUT2D eigenvalue weighted by atomic mass is 16.5. The molecule has 2 N–H and O–H groups in total. The number of rotatable bonds is 6. The van der Waals surface area contributed by atoms with Gasteiger partial charge < -0.3 is 15.4 Å². The Labute approximate surface area is 141 Å². The average molecular weight is 326 g/mol. The molecule has 2 heterocycles. The van der Waals surface area contributed by atoms with Crippen LogP contribution in [0.2, 0.25) is 0 Å². The van der Waals surface area contributed by atoms with Crippen molar-refractivity contribution in [3.8, 4) is 0 Å². The van der Waals surface area contributed by atoms with Crippen LogP contribution in [0.3, 0.4) is 0 Å². The molecule has 0 aromatic carbocycles. The molecule has 2 aromatic heterocycles. The van der Waals surface area contributed by atoms with Gasteiger partial charge in [-0.25, -0.2) is 9.97 Å². The highest BCUT2D eigenvalue weighted by Gasteiger charge is 2.29. The molecule has 2 aromatic rings. The monoisotopic (exact) mass is 326 g/mol. The van der Waals surface area contributed by atoms with Gasteiger partial charge in [0, 0.05) is 41.7 Å². The second kappa shape index (κ2) is 6.86. The van der Waals surface area contributed by atoms with Gasteiger partial charge in [-0.2, -0.15) is 0 Å². The molecule has 0 radical (unpaired) electrons. The summed E-state index contributed by atoms with van der Waals surface area (Å²) in [4.78, 5) is 20.8. The van der Waals surface area contributed by atoms with Gasteiger partial charge in [0.15, 0.2) is 0 Å². The van der Waals surface area contributed by atoms with Gasteiger partial charge in [0.25, 0.3) is 0 Å². The van der Waals surface area contributed by atoms with Gasteiger partial charge in [-0.3, -0.25) is 4.79 Å². The molecule has 1 saturated carbocycles. The van der Waals surface area contributed by atoms with Crippen molar-refractivity contribution in [2.45, 2.75) is 26.7 Å². The number of aromatic nitrogens is 2. The van der Waals surface area contributed by atoms with Crippen LogP contribution < -0.4 is 10.6 Å². The summed E-state index contributed by atoms with van der Waals surface area (Å²) < 4.78 is 5.72. The molecule has 24 heavy (non-hydrogen) atoms. The Kier molecular flexibility index (Phi) is 4.64. The van der Waals surface area contributed by atoms with E-state index in [1.807, 2.05) is 33.0 Å². The lowest BCUT2D eigenvalue weighted by Gasteiger charge is -2.14. The SMILES string of the molecule is C/C=C(\OCC)c1cnc(NC)c2cnc(NC(=O)C3CC3)cc12. The maximum absolute atomic E-state index is 12.0. The van der Waals surface area contributed by atoms with E-state index < -0.39 is 0 Å². The fraction of sp³-hybridized carbons (Fsp3) is 0.389. The van der Waals surface area contributed by atoms with Crippen molar-refractivity contribution in [1.82, 2.24) is 9.97 Å². The molecule has 0 saturated heterocycles. The predicted molar refractivity (Wildman–Crippen MR) is 95.7 cm³/mol. The first kappa shape index (κ1) is 16.2. The summed E-state index contributed by atoms with van der Waals surface area (Å²) in [5.74, 6) is 2.25. The number of hydrogen-bond donors (Lipinski definition) is 2. The lowest BCUT2D eigenvalue weighted by atomic mass is 10.1. The molecule has 1 amide bonds. The number of carbonyl (C=O) groups is 1. The van der Waals surface area contributed by atoms with E-state index in [0.29, 0.717) is 12.4 Å². The van der Waals surface area contributed by atoms with E-state index >= 15 is 0 Å². The summed E-state index contributed by atoms with van der Waals surface area (Å²) >= 11 is 0. The zero-order valence-corrected chi connectivity index (χ0v) is 14.2. The van der Waals surface area contributed by atoms with Gasteiger partial charge in [-0.05, 0) is 38.8 Å². The molecular formula is C18H22N4O2. The molecule has 1 aliphatic carbocycles. The maximum atomic E-state index is 12.0. The normalized spacial score (nSPS) is 14.5. The van der Waals surface area contributed by atoms with Gasteiger partial charge in [0.05, 0.1) is 6.61 Å². The van der Waals surface area contributed by atoms with Gasteiger partial charge in [0.1, 0.15) is 17.4 Å². The Bertz CT molecular complexity index is 797. The zero-order valence-electron chi connectivity index (χ0n) is 14.2. The number of hydrogen-bond acceptors (Lipinski definition) is 5. The smallest absolute Gasteiger partial charge is 0.228 e. The van der Waals surface area contributed by atoms with Gasteiger partial charge in [-0.1, -0.05) is 0 Å². The van der Waals surface area contributed by atoms with Crippen molar-refractivity contribution in [2.75, 3.05) is 24.3 Å². The van der Waals surface area contributed by atoms with E-state index in [4.69, 9.17) is 4.74 Å². The van der Waals surface area contributed by atoms with Gasteiger partial charge in [-0.15, -0.1) is 0 Å². The fourth-order valence-electron chi connectivity index (χ4n) is 2.64. The first-order valence-electron chi connectivity index (χ1n) is 8.24. The van der Waals surface area contributed by atoms with Crippen LogP contribution in [0, 0.1) is 5.92 Å². The first-order chi connectivity index (χ1) is 11.7. The molecule has 6 heteroatoms. The number of fused-ring (bicyclic) bond motifs is 1. The van der Waals surface area contributed by atoms with Crippen molar-refractivity contribution < 1.29 is 9.53 Å². The molecule has 126 valence electrons. The second-order valence-electron chi connectivity index (χ2n) is 5.74. The summed E-state index contributed by atoms with van der Waals surface area (Å²) in [6.07, 6.45) is 7.37. The lowest BCUT2D eigenvalue weighted by molar-refractivity contribution is -0.117. The highest BCUT2D eigenvalue weighted by molar-refractivity contribution is 6.01. The number of nitrogens with zero attached hydrogens (tertiary/aromatic N) is 2. The molecule has 0 bridgehead atoms. The number of anilines is 2. The third-order valence-corrected chi connectivity index (χ3v) is 4.04. The van der Waals surface area contributed by atoms with E-state index in [1.165, 1.54) is 0 Å². The number of amides is 1. The van der Waals surface area contributed by atoms with Crippen molar-refractivity contribution in [3.63, 3.8) is 0 Å². The Morgan fingerprint density at radius 3 is 2.75 bits per heavy atom. The molecule has 6 nitrogen and oxygen atoms in total. The van der Waals surface area contributed by atoms with Crippen LogP contribution in [0.5, 0.6) is 0 Å². The van der Waals surface area contributed by atoms with E-state index in [2.05, 4.69) is 20.6 Å². The lowest BCUT2D eigenvalue weighted by Crippen LogP contribution is -2.14. The Hall–Kier alpha value is -2.63. The summed E-state index contributed by atoms with van der Waals surface area (Å²) in [6.45, 7) is 4.45. The first-order valence-corrected chi connectivity index (χ1v) is 8.24. The van der Waals surface area contributed by atoms with Crippen molar-refractivity contribution in [2.24, 2.45) is 5.92 Å². The van der Waals surface area contributed by atoms with Crippen LogP contribution in [0.15, 0.2) is 24.5 Å². The molecular weight excluding hydrogens is 304 g/mol. The summed E-state index contributed by atoms with van der Waals surface area (Å²) in [5, 5.41) is 7.80. The third-order valence-electron chi connectivity index (χ3n) is 4.04. The van der Waals surface area contributed by atoms with E-state index in [-0.39, 0.29) is 11.8 Å². The second-order valence-corrected chi connectivity index (χ2v) is 5.74. The molecule has 0 unspecified atom stereocenters. The Balaban J connectivity index is 2.07. The summed E-state index contributed by atoms with van der Waals surface area (Å²) in [6, 6.07) is 1.88. The van der Waals surface area contributed by atoms with Crippen LogP contribution in [0.1, 0.15) is 32.3 Å². The van der Waals surface area contributed by atoms with Gasteiger partial charge in [0.2, 0.25) is 5.91 Å². The minimum absolute atomic E-state index is 0.0439. The van der Waals surface area contributed by atoms with Crippen LogP contribution in [0.25, 0.3) is 16.5 Å². The molecule has 3 rings (SSSR count). The Morgan fingerprint density at radius 2 is 2.12 bits per heavy atom. The number of allylic oxidation sites excluding steroid dienone is 1. The molecule has 0 atom stereocenters. The van der Waals surface area contributed by atoms with E-state index in [1.54, 1.807) is 12.4 Å². The number of ether oxygens (including phenoxy) is 1. The quantitative estimate of drug-likeness (QED) is 0.796. The minimum atomic E-state index is 0.0439.